The largest absolute Gasteiger partial charge is 0.497 e. The molecule has 0 unspecified atom stereocenters. The molecule has 0 atom stereocenters. The predicted molar refractivity (Wildman–Crippen MR) is 109 cm³/mol. The maximum absolute atomic E-state index is 11.5. The highest BCUT2D eigenvalue weighted by molar-refractivity contribution is 6.38. The van der Waals surface area contributed by atoms with Gasteiger partial charge in [-0.05, 0) is 42.8 Å². The molecule has 26 heavy (non-hydrogen) atoms. The summed E-state index contributed by atoms with van der Waals surface area (Å²) in [6.45, 7) is 5.26. The molecule has 138 valence electrons. The molecule has 0 aliphatic heterocycles. The first-order valence-corrected chi connectivity index (χ1v) is 9.13. The molecule has 0 heterocycles. The Morgan fingerprint density at radius 1 is 1.27 bits per heavy atom. The first-order valence-electron chi connectivity index (χ1n) is 7.99. The molecule has 0 fully saturated rings. The van der Waals surface area contributed by atoms with E-state index in [4.69, 9.17) is 39.5 Å². The molecular weight excluding hydrogens is 393 g/mol. The number of hydrogen-bond acceptors (Lipinski definition) is 3. The topological polar surface area (TPSA) is 29.5 Å². The number of benzene rings is 2. The first kappa shape index (κ1) is 20.8. The lowest BCUT2D eigenvalue weighted by Gasteiger charge is -2.19. The van der Waals surface area contributed by atoms with Crippen LogP contribution in [-0.2, 0) is 17.7 Å². The monoisotopic (exact) mass is 411 g/mol. The van der Waals surface area contributed by atoms with E-state index >= 15 is 0 Å². The van der Waals surface area contributed by atoms with Crippen molar-refractivity contribution in [3.8, 4) is 0 Å². The molecule has 0 spiro atoms. The SMILES string of the molecule is C=C(OC)c1c(Cl)cc(C=O)c(CCN(C)Cc2cccc(Cl)c2)c1Cl. The van der Waals surface area contributed by atoms with Crippen LogP contribution in [0, 0.1) is 0 Å². The zero-order valence-electron chi connectivity index (χ0n) is 14.7. The second-order valence-electron chi connectivity index (χ2n) is 5.98. The Morgan fingerprint density at radius 2 is 2.00 bits per heavy atom. The maximum Gasteiger partial charge on any atom is 0.150 e. The van der Waals surface area contributed by atoms with E-state index < -0.39 is 0 Å². The molecule has 0 aromatic heterocycles. The normalized spacial score (nSPS) is 10.8. The third-order valence-electron chi connectivity index (χ3n) is 4.09. The van der Waals surface area contributed by atoms with Crippen molar-refractivity contribution in [1.82, 2.24) is 4.90 Å². The minimum absolute atomic E-state index is 0.347. The van der Waals surface area contributed by atoms with Crippen LogP contribution in [0.1, 0.15) is 27.0 Å². The molecule has 2 aromatic rings. The Labute approximate surface area is 169 Å². The van der Waals surface area contributed by atoms with Gasteiger partial charge in [0, 0.05) is 23.7 Å². The molecule has 3 nitrogen and oxygen atoms in total. The average Bonchev–Trinajstić information content (AvgIpc) is 2.60. The quantitative estimate of drug-likeness (QED) is 0.408. The highest BCUT2D eigenvalue weighted by Gasteiger charge is 2.18. The van der Waals surface area contributed by atoms with Crippen LogP contribution >= 0.6 is 34.8 Å². The first-order chi connectivity index (χ1) is 12.4. The van der Waals surface area contributed by atoms with Gasteiger partial charge >= 0.3 is 0 Å². The molecule has 0 saturated carbocycles. The van der Waals surface area contributed by atoms with Crippen molar-refractivity contribution in [3.63, 3.8) is 0 Å². The van der Waals surface area contributed by atoms with Gasteiger partial charge in [-0.3, -0.25) is 4.79 Å². The molecule has 0 N–H and O–H groups in total. The number of aldehydes is 1. The van der Waals surface area contributed by atoms with E-state index in [1.54, 1.807) is 6.07 Å². The van der Waals surface area contributed by atoms with Gasteiger partial charge in [-0.15, -0.1) is 0 Å². The van der Waals surface area contributed by atoms with Crippen LogP contribution in [-0.4, -0.2) is 31.9 Å². The summed E-state index contributed by atoms with van der Waals surface area (Å²) in [6, 6.07) is 9.33. The Kier molecular flexibility index (Phi) is 7.54. The lowest BCUT2D eigenvalue weighted by Crippen LogP contribution is -2.21. The molecule has 0 aliphatic rings. The zero-order valence-corrected chi connectivity index (χ0v) is 17.0. The van der Waals surface area contributed by atoms with E-state index in [9.17, 15) is 4.79 Å². The van der Waals surface area contributed by atoms with Crippen LogP contribution in [0.25, 0.3) is 5.76 Å². The van der Waals surface area contributed by atoms with Crippen LogP contribution < -0.4 is 0 Å². The summed E-state index contributed by atoms with van der Waals surface area (Å²) >= 11 is 18.8. The highest BCUT2D eigenvalue weighted by atomic mass is 35.5. The Hall–Kier alpha value is -1.52. The van der Waals surface area contributed by atoms with Crippen LogP contribution in [0.2, 0.25) is 15.1 Å². The van der Waals surface area contributed by atoms with Crippen molar-refractivity contribution in [2.45, 2.75) is 13.0 Å². The van der Waals surface area contributed by atoms with Crippen molar-refractivity contribution in [2.24, 2.45) is 0 Å². The van der Waals surface area contributed by atoms with Gasteiger partial charge in [0.1, 0.15) is 12.0 Å². The number of halogens is 3. The number of methoxy groups -OCH3 is 1. The molecule has 0 saturated heterocycles. The summed E-state index contributed by atoms with van der Waals surface area (Å²) in [5, 5.41) is 1.46. The van der Waals surface area contributed by atoms with Crippen molar-refractivity contribution in [2.75, 3.05) is 20.7 Å². The lowest BCUT2D eigenvalue weighted by molar-refractivity contribution is 0.112. The Morgan fingerprint density at radius 3 is 2.62 bits per heavy atom. The van der Waals surface area contributed by atoms with Crippen molar-refractivity contribution in [1.29, 1.82) is 0 Å². The average molecular weight is 413 g/mol. The summed E-state index contributed by atoms with van der Waals surface area (Å²) in [5.41, 5.74) is 2.85. The smallest absolute Gasteiger partial charge is 0.150 e. The Bertz CT molecular complexity index is 821. The molecule has 0 aliphatic carbocycles. The number of ether oxygens (including phenoxy) is 1. The number of carbonyl (C=O) groups excluding carboxylic acids is 1. The van der Waals surface area contributed by atoms with Crippen LogP contribution in [0.15, 0.2) is 36.9 Å². The minimum atomic E-state index is 0.347. The summed E-state index contributed by atoms with van der Waals surface area (Å²) in [6.07, 6.45) is 1.36. The highest BCUT2D eigenvalue weighted by Crippen LogP contribution is 2.35. The van der Waals surface area contributed by atoms with Crippen molar-refractivity contribution >= 4 is 46.8 Å². The second kappa shape index (κ2) is 9.43. The van der Waals surface area contributed by atoms with Gasteiger partial charge in [-0.25, -0.2) is 0 Å². The van der Waals surface area contributed by atoms with Gasteiger partial charge in [0.2, 0.25) is 0 Å². The number of hydrogen-bond donors (Lipinski definition) is 0. The van der Waals surface area contributed by atoms with Gasteiger partial charge in [0.15, 0.2) is 0 Å². The fraction of sp³-hybridized carbons (Fsp3) is 0.250. The number of rotatable bonds is 8. The molecule has 0 radical (unpaired) electrons. The number of likely N-dealkylation sites (N-methyl/N-ethyl adjacent to an activating group) is 1. The van der Waals surface area contributed by atoms with E-state index in [1.165, 1.54) is 7.11 Å². The van der Waals surface area contributed by atoms with Gasteiger partial charge in [0.25, 0.3) is 0 Å². The fourth-order valence-electron chi connectivity index (χ4n) is 2.72. The molecule has 0 bridgehead atoms. The van der Waals surface area contributed by atoms with E-state index in [0.29, 0.717) is 44.9 Å². The molecule has 6 heteroatoms. The fourth-order valence-corrected chi connectivity index (χ4v) is 3.71. The maximum atomic E-state index is 11.5. The number of carbonyl (C=O) groups is 1. The van der Waals surface area contributed by atoms with Gasteiger partial charge in [0.05, 0.1) is 22.7 Å². The lowest BCUT2D eigenvalue weighted by atomic mass is 10.0. The Balaban J connectivity index is 2.20. The second-order valence-corrected chi connectivity index (χ2v) is 7.20. The van der Waals surface area contributed by atoms with Gasteiger partial charge in [-0.2, -0.15) is 0 Å². The third kappa shape index (κ3) is 5.01. The van der Waals surface area contributed by atoms with Crippen molar-refractivity contribution < 1.29 is 9.53 Å². The number of nitrogens with zero attached hydrogens (tertiary/aromatic N) is 1. The van der Waals surface area contributed by atoms with E-state index in [-0.39, 0.29) is 0 Å². The zero-order chi connectivity index (χ0) is 19.3. The van der Waals surface area contributed by atoms with Gasteiger partial charge < -0.3 is 9.64 Å². The molecule has 2 aromatic carbocycles. The van der Waals surface area contributed by atoms with Crippen LogP contribution in [0.4, 0.5) is 0 Å². The van der Waals surface area contributed by atoms with E-state index in [2.05, 4.69) is 11.5 Å². The third-order valence-corrected chi connectivity index (χ3v) is 5.04. The van der Waals surface area contributed by atoms with Crippen LogP contribution in [0.3, 0.4) is 0 Å². The van der Waals surface area contributed by atoms with Gasteiger partial charge in [-0.1, -0.05) is 53.5 Å². The summed E-state index contributed by atoms with van der Waals surface area (Å²) in [5.74, 6) is 0.367. The summed E-state index contributed by atoms with van der Waals surface area (Å²) < 4.78 is 5.17. The standard InChI is InChI=1S/C20H20Cl3NO2/c1-13(26-3)19-18(22)10-15(12-25)17(20(19)23)7-8-24(2)11-14-5-4-6-16(21)9-14/h4-6,9-10,12H,1,7-8,11H2,2-3H3. The summed E-state index contributed by atoms with van der Waals surface area (Å²) in [4.78, 5) is 13.6. The van der Waals surface area contributed by atoms with E-state index in [1.807, 2.05) is 31.3 Å². The summed E-state index contributed by atoms with van der Waals surface area (Å²) in [7, 11) is 3.50. The molecular formula is C20H20Cl3NO2. The minimum Gasteiger partial charge on any atom is -0.497 e. The molecule has 2 rings (SSSR count). The molecule has 0 amide bonds. The predicted octanol–water partition coefficient (Wildman–Crippen LogP) is 5.75. The van der Waals surface area contributed by atoms with Crippen molar-refractivity contribution in [3.05, 3.63) is 74.2 Å². The van der Waals surface area contributed by atoms with E-state index in [0.717, 1.165) is 24.0 Å². The van der Waals surface area contributed by atoms with Crippen LogP contribution in [0.5, 0.6) is 0 Å².